The van der Waals surface area contributed by atoms with Crippen molar-refractivity contribution < 1.29 is 13.2 Å². The second kappa shape index (κ2) is 8.31. The molecule has 2 rings (SSSR count). The zero-order chi connectivity index (χ0) is 16.7. The molecule has 1 aliphatic rings. The number of carbonyl (C=O) groups is 1. The summed E-state index contributed by atoms with van der Waals surface area (Å²) < 4.78 is 27.4. The van der Waals surface area contributed by atoms with Crippen molar-refractivity contribution in [3.8, 4) is 0 Å². The van der Waals surface area contributed by atoms with Crippen LogP contribution in [0.5, 0.6) is 0 Å². The van der Waals surface area contributed by atoms with Crippen LogP contribution in [0.2, 0.25) is 0 Å². The molecule has 1 atom stereocenters. The smallest absolute Gasteiger partial charge is 0.317 e. The van der Waals surface area contributed by atoms with Gasteiger partial charge in [0.15, 0.2) is 0 Å². The van der Waals surface area contributed by atoms with Gasteiger partial charge in [-0.1, -0.05) is 31.5 Å². The number of urea groups is 1. The SMILES string of the molecule is CCCCNC(=O)N1CCC[C@H](NS(=O)(=O)c2ccccc2)C1. The Bertz CT molecular complexity index is 604. The van der Waals surface area contributed by atoms with E-state index in [1.54, 1.807) is 35.2 Å². The molecule has 23 heavy (non-hydrogen) atoms. The molecule has 0 spiro atoms. The number of hydrogen-bond donors (Lipinski definition) is 2. The van der Waals surface area contributed by atoms with Gasteiger partial charge in [0.2, 0.25) is 10.0 Å². The van der Waals surface area contributed by atoms with Gasteiger partial charge in [-0.25, -0.2) is 17.9 Å². The van der Waals surface area contributed by atoms with Gasteiger partial charge >= 0.3 is 6.03 Å². The lowest BCUT2D eigenvalue weighted by Crippen LogP contribution is -2.52. The second-order valence-corrected chi connectivity index (χ2v) is 7.52. The summed E-state index contributed by atoms with van der Waals surface area (Å²) in [6.45, 7) is 3.80. The third kappa shape index (κ3) is 5.21. The van der Waals surface area contributed by atoms with Crippen LogP contribution in [0.1, 0.15) is 32.6 Å². The molecule has 1 fully saturated rings. The molecule has 1 aromatic rings. The van der Waals surface area contributed by atoms with Crippen LogP contribution in [0.25, 0.3) is 0 Å². The van der Waals surface area contributed by atoms with E-state index in [1.165, 1.54) is 0 Å². The zero-order valence-electron chi connectivity index (χ0n) is 13.5. The maximum atomic E-state index is 12.4. The number of amides is 2. The highest BCUT2D eigenvalue weighted by molar-refractivity contribution is 7.89. The molecule has 2 amide bonds. The molecule has 0 saturated carbocycles. The topological polar surface area (TPSA) is 78.5 Å². The molecule has 0 aliphatic carbocycles. The van der Waals surface area contributed by atoms with Gasteiger partial charge in [-0.3, -0.25) is 0 Å². The molecule has 0 unspecified atom stereocenters. The molecule has 0 radical (unpaired) electrons. The van der Waals surface area contributed by atoms with Crippen LogP contribution in [-0.4, -0.2) is 45.0 Å². The number of likely N-dealkylation sites (tertiary alicyclic amines) is 1. The standard InChI is InChI=1S/C16H25N3O3S/c1-2-3-11-17-16(20)19-12-7-8-14(13-19)18-23(21,22)15-9-5-4-6-10-15/h4-6,9-10,14,18H,2-3,7-8,11-13H2,1H3,(H,17,20)/t14-/m0/s1. The summed E-state index contributed by atoms with van der Waals surface area (Å²) in [5, 5.41) is 2.88. The molecule has 2 N–H and O–H groups in total. The Morgan fingerprint density at radius 3 is 2.74 bits per heavy atom. The van der Waals surface area contributed by atoms with E-state index in [-0.39, 0.29) is 17.0 Å². The van der Waals surface area contributed by atoms with Crippen LogP contribution in [0.3, 0.4) is 0 Å². The fraction of sp³-hybridized carbons (Fsp3) is 0.562. The predicted molar refractivity (Wildman–Crippen MR) is 89.7 cm³/mol. The zero-order valence-corrected chi connectivity index (χ0v) is 14.3. The van der Waals surface area contributed by atoms with Crippen molar-refractivity contribution in [1.29, 1.82) is 0 Å². The number of unbranched alkanes of at least 4 members (excludes halogenated alkanes) is 1. The van der Waals surface area contributed by atoms with E-state index in [1.807, 2.05) is 0 Å². The fourth-order valence-corrected chi connectivity index (χ4v) is 3.91. The number of hydrogen-bond acceptors (Lipinski definition) is 3. The van der Waals surface area contributed by atoms with Crippen molar-refractivity contribution in [3.63, 3.8) is 0 Å². The van der Waals surface area contributed by atoms with Gasteiger partial charge in [0.1, 0.15) is 0 Å². The lowest BCUT2D eigenvalue weighted by Gasteiger charge is -2.33. The van der Waals surface area contributed by atoms with Crippen LogP contribution in [0.15, 0.2) is 35.2 Å². The number of rotatable bonds is 6. The van der Waals surface area contributed by atoms with E-state index in [0.717, 1.165) is 25.7 Å². The van der Waals surface area contributed by atoms with Crippen LogP contribution in [0, 0.1) is 0 Å². The minimum absolute atomic E-state index is 0.109. The quantitative estimate of drug-likeness (QED) is 0.778. The molecule has 1 aromatic carbocycles. The van der Waals surface area contributed by atoms with Crippen LogP contribution in [0.4, 0.5) is 4.79 Å². The van der Waals surface area contributed by atoms with Crippen molar-refractivity contribution in [2.24, 2.45) is 0 Å². The summed E-state index contributed by atoms with van der Waals surface area (Å²) in [6.07, 6.45) is 3.51. The van der Waals surface area contributed by atoms with Gasteiger partial charge in [-0.05, 0) is 31.4 Å². The number of nitrogens with one attached hydrogen (secondary N) is 2. The normalized spacial score (nSPS) is 18.7. The summed E-state index contributed by atoms with van der Waals surface area (Å²) in [4.78, 5) is 14.0. The molecule has 6 nitrogen and oxygen atoms in total. The predicted octanol–water partition coefficient (Wildman–Crippen LogP) is 1.94. The molecule has 7 heteroatoms. The first-order valence-electron chi connectivity index (χ1n) is 8.13. The van der Waals surface area contributed by atoms with Crippen LogP contribution >= 0.6 is 0 Å². The third-order valence-electron chi connectivity index (χ3n) is 3.89. The highest BCUT2D eigenvalue weighted by atomic mass is 32.2. The molecule has 1 aliphatic heterocycles. The van der Waals surface area contributed by atoms with Gasteiger partial charge in [0.05, 0.1) is 4.90 Å². The first-order chi connectivity index (χ1) is 11.0. The molecule has 0 aromatic heterocycles. The highest BCUT2D eigenvalue weighted by Gasteiger charge is 2.27. The van der Waals surface area contributed by atoms with E-state index < -0.39 is 10.0 Å². The van der Waals surface area contributed by atoms with Crippen LogP contribution in [-0.2, 0) is 10.0 Å². The van der Waals surface area contributed by atoms with Crippen molar-refractivity contribution in [2.75, 3.05) is 19.6 Å². The lowest BCUT2D eigenvalue weighted by atomic mass is 10.1. The first kappa shape index (κ1) is 17.7. The van der Waals surface area contributed by atoms with Gasteiger partial charge in [-0.2, -0.15) is 0 Å². The average Bonchev–Trinajstić information content (AvgIpc) is 2.55. The van der Waals surface area contributed by atoms with E-state index in [0.29, 0.717) is 19.6 Å². The highest BCUT2D eigenvalue weighted by Crippen LogP contribution is 2.14. The Balaban J connectivity index is 1.92. The first-order valence-corrected chi connectivity index (χ1v) is 9.61. The van der Waals surface area contributed by atoms with Crippen LogP contribution < -0.4 is 10.0 Å². The fourth-order valence-electron chi connectivity index (χ4n) is 2.63. The number of carbonyl (C=O) groups excluding carboxylic acids is 1. The van der Waals surface area contributed by atoms with Crippen molar-refractivity contribution in [3.05, 3.63) is 30.3 Å². The summed E-state index contributed by atoms with van der Waals surface area (Å²) in [7, 11) is -3.54. The lowest BCUT2D eigenvalue weighted by molar-refractivity contribution is 0.177. The minimum atomic E-state index is -3.54. The maximum absolute atomic E-state index is 12.4. The Morgan fingerprint density at radius 1 is 1.30 bits per heavy atom. The third-order valence-corrected chi connectivity index (χ3v) is 5.43. The summed E-state index contributed by atoms with van der Waals surface area (Å²) >= 11 is 0. The second-order valence-electron chi connectivity index (χ2n) is 5.80. The molecule has 1 saturated heterocycles. The van der Waals surface area contributed by atoms with E-state index >= 15 is 0 Å². The summed E-state index contributed by atoms with van der Waals surface area (Å²) in [5.74, 6) is 0. The largest absolute Gasteiger partial charge is 0.338 e. The Morgan fingerprint density at radius 2 is 2.04 bits per heavy atom. The summed E-state index contributed by atoms with van der Waals surface area (Å²) in [5.41, 5.74) is 0. The van der Waals surface area contributed by atoms with Gasteiger partial charge in [0.25, 0.3) is 0 Å². The van der Waals surface area contributed by atoms with Crippen molar-refractivity contribution in [2.45, 2.75) is 43.5 Å². The molecule has 128 valence electrons. The number of piperidine rings is 1. The van der Waals surface area contributed by atoms with Crippen molar-refractivity contribution in [1.82, 2.24) is 14.9 Å². The van der Waals surface area contributed by atoms with E-state index in [9.17, 15) is 13.2 Å². The summed E-state index contributed by atoms with van der Waals surface area (Å²) in [6, 6.07) is 7.96. The molecular formula is C16H25N3O3S. The van der Waals surface area contributed by atoms with Gasteiger partial charge in [-0.15, -0.1) is 0 Å². The molecular weight excluding hydrogens is 314 g/mol. The van der Waals surface area contributed by atoms with Crippen molar-refractivity contribution >= 4 is 16.1 Å². The Hall–Kier alpha value is -1.60. The number of sulfonamides is 1. The molecule has 1 heterocycles. The Labute approximate surface area is 138 Å². The van der Waals surface area contributed by atoms with E-state index in [4.69, 9.17) is 0 Å². The average molecular weight is 339 g/mol. The Kier molecular flexibility index (Phi) is 6.41. The number of nitrogens with zero attached hydrogens (tertiary/aromatic N) is 1. The van der Waals surface area contributed by atoms with Gasteiger partial charge in [0, 0.05) is 25.7 Å². The van der Waals surface area contributed by atoms with Gasteiger partial charge < -0.3 is 10.2 Å². The monoisotopic (exact) mass is 339 g/mol. The maximum Gasteiger partial charge on any atom is 0.317 e. The van der Waals surface area contributed by atoms with E-state index in [2.05, 4.69) is 17.0 Å². The number of benzene rings is 1. The minimum Gasteiger partial charge on any atom is -0.338 e. The molecule has 0 bridgehead atoms.